The van der Waals surface area contributed by atoms with E-state index in [9.17, 15) is 45.3 Å². The highest BCUT2D eigenvalue weighted by Crippen LogP contribution is 2.26. The Balaban J connectivity index is 1.69. The molecule has 2 fully saturated rings. The number of aliphatic hydroxyl groups is 7. The van der Waals surface area contributed by atoms with Crippen LogP contribution >= 0.6 is 0 Å². The van der Waals surface area contributed by atoms with Crippen molar-refractivity contribution in [3.8, 4) is 0 Å². The molecule has 0 bridgehead atoms. The van der Waals surface area contributed by atoms with Gasteiger partial charge in [-0.25, -0.2) is 0 Å². The van der Waals surface area contributed by atoms with Crippen molar-refractivity contribution in [2.75, 3.05) is 26.4 Å². The lowest BCUT2D eigenvalue weighted by molar-refractivity contribution is -0.332. The zero-order valence-corrected chi connectivity index (χ0v) is 31.7. The molecule has 0 spiro atoms. The lowest BCUT2D eigenvalue weighted by Crippen LogP contribution is -2.61. The van der Waals surface area contributed by atoms with Crippen LogP contribution in [0.5, 0.6) is 0 Å². The molecule has 2 aliphatic heterocycles. The second kappa shape index (κ2) is 27.9. The van der Waals surface area contributed by atoms with Crippen LogP contribution in [0, 0.1) is 0 Å². The van der Waals surface area contributed by atoms with E-state index >= 15 is 0 Å². The number of unbranched alkanes of at least 4 members (excludes halogenated alkanes) is 6. The fourth-order valence-electron chi connectivity index (χ4n) is 5.70. The molecule has 11 unspecified atom stereocenters. The molecule has 54 heavy (non-hydrogen) atoms. The smallest absolute Gasteiger partial charge is 0.306 e. The summed E-state index contributed by atoms with van der Waals surface area (Å²) in [4.78, 5) is 24.1. The maximum atomic E-state index is 12.6. The first kappa shape index (κ1) is 47.6. The van der Waals surface area contributed by atoms with Crippen molar-refractivity contribution in [3.05, 3.63) is 48.6 Å². The van der Waals surface area contributed by atoms with Crippen LogP contribution in [-0.2, 0) is 38.0 Å². The van der Waals surface area contributed by atoms with E-state index in [1.807, 2.05) is 0 Å². The molecule has 2 saturated heterocycles. The first-order chi connectivity index (χ1) is 26.0. The molecule has 11 atom stereocenters. The molecule has 7 N–H and O–H groups in total. The van der Waals surface area contributed by atoms with E-state index < -0.39 is 99.3 Å². The van der Waals surface area contributed by atoms with E-state index in [0.717, 1.165) is 64.2 Å². The molecule has 0 aromatic heterocycles. The van der Waals surface area contributed by atoms with Gasteiger partial charge in [0.05, 0.1) is 19.8 Å². The van der Waals surface area contributed by atoms with Gasteiger partial charge in [0.2, 0.25) is 0 Å². The third-order valence-electron chi connectivity index (χ3n) is 8.88. The van der Waals surface area contributed by atoms with Crippen LogP contribution < -0.4 is 0 Å². The number of aliphatic hydroxyl groups excluding tert-OH is 7. The van der Waals surface area contributed by atoms with Crippen LogP contribution in [0.2, 0.25) is 0 Å². The number of hydrogen-bond acceptors (Lipinski definition) is 15. The monoisotopic (exact) mass is 772 g/mol. The predicted molar refractivity (Wildman–Crippen MR) is 197 cm³/mol. The van der Waals surface area contributed by atoms with E-state index in [1.54, 1.807) is 0 Å². The molecule has 15 nitrogen and oxygen atoms in total. The van der Waals surface area contributed by atoms with Gasteiger partial charge < -0.3 is 64.2 Å². The van der Waals surface area contributed by atoms with Gasteiger partial charge >= 0.3 is 11.9 Å². The highest BCUT2D eigenvalue weighted by atomic mass is 16.7. The van der Waals surface area contributed by atoms with Crippen LogP contribution in [0.15, 0.2) is 48.6 Å². The van der Waals surface area contributed by atoms with Crippen LogP contribution in [0.3, 0.4) is 0 Å². The summed E-state index contributed by atoms with van der Waals surface area (Å²) in [6.07, 6.45) is 11.4. The Morgan fingerprint density at radius 1 is 0.630 bits per heavy atom. The summed E-state index contributed by atoms with van der Waals surface area (Å²) in [6.45, 7) is 1.37. The van der Waals surface area contributed by atoms with Gasteiger partial charge in [-0.2, -0.15) is 0 Å². The topological polar surface area (TPSA) is 231 Å². The predicted octanol–water partition coefficient (Wildman–Crippen LogP) is 2.03. The summed E-state index contributed by atoms with van der Waals surface area (Å²) < 4.78 is 32.4. The average molecular weight is 773 g/mol. The number of carbonyl (C=O) groups is 2. The largest absolute Gasteiger partial charge is 0.462 e. The highest BCUT2D eigenvalue weighted by molar-refractivity contribution is 5.69. The third-order valence-corrected chi connectivity index (χ3v) is 8.88. The Hall–Kier alpha value is -2.54. The minimum atomic E-state index is -1.76. The Morgan fingerprint density at radius 2 is 1.15 bits per heavy atom. The highest BCUT2D eigenvalue weighted by Gasteiger charge is 2.47. The molecule has 2 rings (SSSR count). The van der Waals surface area contributed by atoms with Crippen molar-refractivity contribution in [2.24, 2.45) is 0 Å². The molecule has 0 aromatic carbocycles. The van der Waals surface area contributed by atoms with Crippen LogP contribution in [0.1, 0.15) is 90.9 Å². The SMILES string of the molecule is CC/C=C\C/C=C\C/C=C\C/C=C\CCCCCCCCC(=O)OC(COC(C)=O)COC1OC(COC2OC(CO)C(O)C(O)C2O)C(O)C(O)C1O. The summed E-state index contributed by atoms with van der Waals surface area (Å²) in [5, 5.41) is 70.9. The Kier molecular flexibility index (Phi) is 24.6. The van der Waals surface area contributed by atoms with Gasteiger partial charge in [0.1, 0.15) is 55.4 Å². The molecular formula is C39H64O15. The number of esters is 2. The first-order valence-electron chi connectivity index (χ1n) is 19.2. The Labute approximate surface area is 318 Å². The molecule has 0 radical (unpaired) electrons. The minimum Gasteiger partial charge on any atom is -0.462 e. The second-order valence-corrected chi connectivity index (χ2v) is 13.5. The number of allylic oxidation sites excluding steroid dienone is 8. The van der Waals surface area contributed by atoms with Gasteiger partial charge in [-0.15, -0.1) is 0 Å². The molecule has 0 aliphatic carbocycles. The van der Waals surface area contributed by atoms with Crippen molar-refractivity contribution in [3.63, 3.8) is 0 Å². The normalized spacial score (nSPS) is 29.8. The van der Waals surface area contributed by atoms with Crippen molar-refractivity contribution in [2.45, 2.75) is 158 Å². The molecular weight excluding hydrogens is 708 g/mol. The number of carbonyl (C=O) groups excluding carboxylic acids is 2. The van der Waals surface area contributed by atoms with Crippen LogP contribution in [0.25, 0.3) is 0 Å². The lowest BCUT2D eigenvalue weighted by atomic mass is 9.98. The number of rotatable bonds is 26. The second-order valence-electron chi connectivity index (χ2n) is 13.5. The van der Waals surface area contributed by atoms with E-state index in [0.29, 0.717) is 6.42 Å². The molecule has 0 aromatic rings. The lowest BCUT2D eigenvalue weighted by Gasteiger charge is -2.42. The van der Waals surface area contributed by atoms with Crippen molar-refractivity contribution in [1.82, 2.24) is 0 Å². The minimum absolute atomic E-state index is 0.142. The van der Waals surface area contributed by atoms with E-state index in [4.69, 9.17) is 28.4 Å². The van der Waals surface area contributed by atoms with Gasteiger partial charge in [-0.3, -0.25) is 9.59 Å². The Bertz CT molecular complexity index is 1140. The van der Waals surface area contributed by atoms with Crippen LogP contribution in [-0.4, -0.2) is 142 Å². The third kappa shape index (κ3) is 18.4. The summed E-state index contributed by atoms with van der Waals surface area (Å²) in [5.41, 5.74) is 0. The molecule has 2 aliphatic rings. The maximum Gasteiger partial charge on any atom is 0.306 e. The standard InChI is InChI=1S/C39H64O15/c1-3-4-5-6-7-8-9-10-11-12-13-14-15-16-17-18-19-20-21-22-31(42)52-28(24-49-27(2)41)25-50-38-37(48)35(46)33(44)30(54-38)26-51-39-36(47)34(45)32(43)29(23-40)53-39/h4-5,7-8,10-11,13-14,28-30,32-40,43-48H,3,6,9,12,15-26H2,1-2H3/b5-4-,8-7-,11-10-,14-13-. The van der Waals surface area contributed by atoms with Gasteiger partial charge in [0.15, 0.2) is 18.7 Å². The molecule has 0 saturated carbocycles. The van der Waals surface area contributed by atoms with Crippen molar-refractivity contribution < 1.29 is 73.8 Å². The number of hydrogen-bond donors (Lipinski definition) is 7. The van der Waals surface area contributed by atoms with Gasteiger partial charge in [0, 0.05) is 13.3 Å². The van der Waals surface area contributed by atoms with Crippen molar-refractivity contribution in [1.29, 1.82) is 0 Å². The molecule has 15 heteroatoms. The summed E-state index contributed by atoms with van der Waals surface area (Å²) in [5.74, 6) is -1.14. The fourth-order valence-corrected chi connectivity index (χ4v) is 5.70. The van der Waals surface area contributed by atoms with Gasteiger partial charge in [-0.05, 0) is 44.9 Å². The zero-order chi connectivity index (χ0) is 39.7. The molecule has 310 valence electrons. The fraction of sp³-hybridized carbons (Fsp3) is 0.744. The van der Waals surface area contributed by atoms with Crippen molar-refractivity contribution >= 4 is 11.9 Å². The quantitative estimate of drug-likeness (QED) is 0.0379. The number of ether oxygens (including phenoxy) is 6. The Morgan fingerprint density at radius 3 is 1.74 bits per heavy atom. The van der Waals surface area contributed by atoms with Gasteiger partial charge in [0.25, 0.3) is 0 Å². The molecule has 0 amide bonds. The average Bonchev–Trinajstić information content (AvgIpc) is 3.15. The van der Waals surface area contributed by atoms with Gasteiger partial charge in [-0.1, -0.05) is 81.2 Å². The summed E-state index contributed by atoms with van der Waals surface area (Å²) in [6, 6.07) is 0. The van der Waals surface area contributed by atoms with E-state index in [2.05, 4.69) is 55.5 Å². The van der Waals surface area contributed by atoms with E-state index in [-0.39, 0.29) is 13.0 Å². The zero-order valence-electron chi connectivity index (χ0n) is 31.7. The van der Waals surface area contributed by atoms with Crippen LogP contribution in [0.4, 0.5) is 0 Å². The summed E-state index contributed by atoms with van der Waals surface area (Å²) >= 11 is 0. The molecule has 2 heterocycles. The van der Waals surface area contributed by atoms with E-state index in [1.165, 1.54) is 6.92 Å². The summed E-state index contributed by atoms with van der Waals surface area (Å²) in [7, 11) is 0. The first-order valence-corrected chi connectivity index (χ1v) is 19.2. The maximum absolute atomic E-state index is 12.6.